The van der Waals surface area contributed by atoms with Crippen molar-refractivity contribution < 1.29 is 4.79 Å². The Morgan fingerprint density at radius 3 is 2.20 bits per heavy atom. The highest BCUT2D eigenvalue weighted by Gasteiger charge is 2.14. The zero-order valence-electron chi connectivity index (χ0n) is 9.47. The van der Waals surface area contributed by atoms with Crippen LogP contribution in [-0.2, 0) is 0 Å². The minimum Gasteiger partial charge on any atom is -0.389 e. The SMILES string of the molecule is CC(=O)c1cc(C)c(C)c(C(N)=S)c1C. The van der Waals surface area contributed by atoms with Crippen LogP contribution in [0.1, 0.15) is 39.5 Å². The molecule has 0 amide bonds. The van der Waals surface area contributed by atoms with E-state index in [1.165, 1.54) is 0 Å². The van der Waals surface area contributed by atoms with Crippen LogP contribution in [0.5, 0.6) is 0 Å². The summed E-state index contributed by atoms with van der Waals surface area (Å²) in [6, 6.07) is 1.90. The van der Waals surface area contributed by atoms with Gasteiger partial charge in [-0.3, -0.25) is 4.79 Å². The van der Waals surface area contributed by atoms with Crippen LogP contribution in [0, 0.1) is 20.8 Å². The summed E-state index contributed by atoms with van der Waals surface area (Å²) < 4.78 is 0. The molecule has 0 saturated carbocycles. The van der Waals surface area contributed by atoms with Crippen LogP contribution in [0.4, 0.5) is 0 Å². The monoisotopic (exact) mass is 221 g/mol. The zero-order valence-corrected chi connectivity index (χ0v) is 10.3. The van der Waals surface area contributed by atoms with E-state index in [-0.39, 0.29) is 5.78 Å². The van der Waals surface area contributed by atoms with E-state index in [1.54, 1.807) is 6.92 Å². The topological polar surface area (TPSA) is 43.1 Å². The number of hydrogen-bond donors (Lipinski definition) is 1. The lowest BCUT2D eigenvalue weighted by Crippen LogP contribution is -2.16. The third-order valence-corrected chi connectivity index (χ3v) is 2.94. The third kappa shape index (κ3) is 2.07. The Hall–Kier alpha value is -1.22. The summed E-state index contributed by atoms with van der Waals surface area (Å²) in [6.45, 7) is 7.38. The Balaban J connectivity index is 3.63. The Labute approximate surface area is 95.5 Å². The molecule has 1 rings (SSSR count). The predicted octanol–water partition coefficient (Wildman–Crippen LogP) is 2.45. The van der Waals surface area contributed by atoms with Gasteiger partial charge in [-0.25, -0.2) is 0 Å². The summed E-state index contributed by atoms with van der Waals surface area (Å²) >= 11 is 5.01. The molecule has 0 aliphatic rings. The average Bonchev–Trinajstić information content (AvgIpc) is 2.10. The van der Waals surface area contributed by atoms with E-state index in [4.69, 9.17) is 18.0 Å². The van der Waals surface area contributed by atoms with Crippen molar-refractivity contribution in [3.05, 3.63) is 33.9 Å². The molecule has 0 bridgehead atoms. The third-order valence-electron chi connectivity index (χ3n) is 2.73. The van der Waals surface area contributed by atoms with Crippen molar-refractivity contribution in [1.29, 1.82) is 0 Å². The Morgan fingerprint density at radius 1 is 1.27 bits per heavy atom. The number of carbonyl (C=O) groups is 1. The first kappa shape index (κ1) is 11.9. The van der Waals surface area contributed by atoms with Gasteiger partial charge in [0.15, 0.2) is 5.78 Å². The second-order valence-electron chi connectivity index (χ2n) is 3.79. The van der Waals surface area contributed by atoms with Gasteiger partial charge in [0.05, 0.1) is 0 Å². The molecule has 80 valence electrons. The first-order valence-corrected chi connectivity index (χ1v) is 5.18. The van der Waals surface area contributed by atoms with Gasteiger partial charge in [-0.05, 0) is 50.5 Å². The molecular weight excluding hydrogens is 206 g/mol. The lowest BCUT2D eigenvalue weighted by molar-refractivity contribution is 0.101. The second kappa shape index (κ2) is 4.11. The molecule has 0 aliphatic heterocycles. The maximum Gasteiger partial charge on any atom is 0.160 e. The highest BCUT2D eigenvalue weighted by atomic mass is 32.1. The van der Waals surface area contributed by atoms with E-state index >= 15 is 0 Å². The maximum atomic E-state index is 11.4. The summed E-state index contributed by atoms with van der Waals surface area (Å²) in [6.07, 6.45) is 0. The molecule has 0 heterocycles. The van der Waals surface area contributed by atoms with Crippen LogP contribution >= 0.6 is 12.2 Å². The summed E-state index contributed by atoms with van der Waals surface area (Å²) in [4.78, 5) is 11.8. The number of carbonyl (C=O) groups excluding carboxylic acids is 1. The Morgan fingerprint density at radius 2 is 1.80 bits per heavy atom. The van der Waals surface area contributed by atoms with Crippen LogP contribution < -0.4 is 5.73 Å². The summed E-state index contributed by atoms with van der Waals surface area (Å²) in [5.41, 5.74) is 10.2. The number of benzene rings is 1. The number of Topliss-reactive ketones (excluding diaryl/α,β-unsaturated/α-hetero) is 1. The number of aryl methyl sites for hydroxylation is 1. The minimum atomic E-state index is 0.0492. The molecule has 0 radical (unpaired) electrons. The van der Waals surface area contributed by atoms with E-state index in [0.717, 1.165) is 22.3 Å². The van der Waals surface area contributed by atoms with E-state index in [1.807, 2.05) is 26.8 Å². The highest BCUT2D eigenvalue weighted by Crippen LogP contribution is 2.22. The lowest BCUT2D eigenvalue weighted by Gasteiger charge is -2.14. The first-order valence-electron chi connectivity index (χ1n) is 4.77. The van der Waals surface area contributed by atoms with Gasteiger partial charge in [-0.2, -0.15) is 0 Å². The lowest BCUT2D eigenvalue weighted by atomic mass is 9.92. The van der Waals surface area contributed by atoms with Crippen molar-refractivity contribution in [2.75, 3.05) is 0 Å². The standard InChI is InChI=1S/C12H15NOS/c1-6-5-10(9(4)14)8(3)11(7(6)2)12(13)15/h5H,1-4H3,(H2,13,15). The van der Waals surface area contributed by atoms with E-state index in [2.05, 4.69) is 0 Å². The zero-order chi connectivity index (χ0) is 11.7. The molecule has 0 atom stereocenters. The number of nitrogens with two attached hydrogens (primary N) is 1. The smallest absolute Gasteiger partial charge is 0.160 e. The highest BCUT2D eigenvalue weighted by molar-refractivity contribution is 7.80. The van der Waals surface area contributed by atoms with Gasteiger partial charge >= 0.3 is 0 Å². The molecule has 2 N–H and O–H groups in total. The molecule has 15 heavy (non-hydrogen) atoms. The quantitative estimate of drug-likeness (QED) is 0.616. The van der Waals surface area contributed by atoms with E-state index < -0.39 is 0 Å². The number of thiocarbonyl (C=S) groups is 1. The van der Waals surface area contributed by atoms with Crippen molar-refractivity contribution in [2.24, 2.45) is 5.73 Å². The predicted molar refractivity (Wildman–Crippen MR) is 66.5 cm³/mol. The fourth-order valence-corrected chi connectivity index (χ4v) is 2.09. The largest absolute Gasteiger partial charge is 0.389 e. The van der Waals surface area contributed by atoms with Gasteiger partial charge in [0, 0.05) is 11.1 Å². The fourth-order valence-electron chi connectivity index (χ4n) is 1.78. The van der Waals surface area contributed by atoms with Gasteiger partial charge in [0.2, 0.25) is 0 Å². The molecule has 2 nitrogen and oxygen atoms in total. The number of rotatable bonds is 2. The molecule has 0 unspecified atom stereocenters. The summed E-state index contributed by atoms with van der Waals surface area (Å²) in [5, 5.41) is 0. The molecule has 0 fully saturated rings. The molecule has 1 aromatic rings. The van der Waals surface area contributed by atoms with Crippen LogP contribution in [0.3, 0.4) is 0 Å². The fraction of sp³-hybridized carbons (Fsp3) is 0.333. The van der Waals surface area contributed by atoms with Crippen molar-refractivity contribution in [1.82, 2.24) is 0 Å². The molecule has 1 aromatic carbocycles. The van der Waals surface area contributed by atoms with E-state index in [0.29, 0.717) is 10.6 Å². The molecule has 3 heteroatoms. The summed E-state index contributed by atoms with van der Waals surface area (Å²) in [7, 11) is 0. The molecule has 0 spiro atoms. The molecular formula is C12H15NOS. The average molecular weight is 221 g/mol. The maximum absolute atomic E-state index is 11.4. The van der Waals surface area contributed by atoms with Gasteiger partial charge < -0.3 is 5.73 Å². The van der Waals surface area contributed by atoms with Crippen LogP contribution in [-0.4, -0.2) is 10.8 Å². The van der Waals surface area contributed by atoms with Crippen molar-refractivity contribution >= 4 is 23.0 Å². The molecule has 0 saturated heterocycles. The van der Waals surface area contributed by atoms with Crippen LogP contribution in [0.2, 0.25) is 0 Å². The first-order chi connectivity index (χ1) is 6.86. The van der Waals surface area contributed by atoms with Crippen LogP contribution in [0.15, 0.2) is 6.07 Å². The van der Waals surface area contributed by atoms with E-state index in [9.17, 15) is 4.79 Å². The Bertz CT molecular complexity index is 449. The number of ketones is 1. The molecule has 0 aromatic heterocycles. The second-order valence-corrected chi connectivity index (χ2v) is 4.23. The van der Waals surface area contributed by atoms with Gasteiger partial charge in [0.25, 0.3) is 0 Å². The van der Waals surface area contributed by atoms with Crippen molar-refractivity contribution in [2.45, 2.75) is 27.7 Å². The van der Waals surface area contributed by atoms with Crippen molar-refractivity contribution in [3.8, 4) is 0 Å². The van der Waals surface area contributed by atoms with Gasteiger partial charge in [-0.1, -0.05) is 12.2 Å². The van der Waals surface area contributed by atoms with Crippen LogP contribution in [0.25, 0.3) is 0 Å². The van der Waals surface area contributed by atoms with Crippen molar-refractivity contribution in [3.63, 3.8) is 0 Å². The summed E-state index contributed by atoms with van der Waals surface area (Å²) in [5.74, 6) is 0.0492. The van der Waals surface area contributed by atoms with Gasteiger partial charge in [-0.15, -0.1) is 0 Å². The normalized spacial score (nSPS) is 10.1. The number of hydrogen-bond acceptors (Lipinski definition) is 2. The minimum absolute atomic E-state index is 0.0492. The molecule has 0 aliphatic carbocycles. The Kier molecular flexibility index (Phi) is 3.25. The van der Waals surface area contributed by atoms with Gasteiger partial charge in [0.1, 0.15) is 4.99 Å².